The second-order valence-corrected chi connectivity index (χ2v) is 5.07. The summed E-state index contributed by atoms with van der Waals surface area (Å²) in [7, 11) is 1.51. The van der Waals surface area contributed by atoms with Gasteiger partial charge in [-0.1, -0.05) is 32.6 Å². The zero-order chi connectivity index (χ0) is 15.0. The first-order valence-electron chi connectivity index (χ1n) is 7.16. The van der Waals surface area contributed by atoms with Crippen molar-refractivity contribution in [2.75, 3.05) is 12.4 Å². The molecule has 0 bridgehead atoms. The molecule has 0 aromatic heterocycles. The number of nitrogens with one attached hydrogen (secondary N) is 1. The third-order valence-corrected chi connectivity index (χ3v) is 3.24. The largest absolute Gasteiger partial charge is 0.496 e. The molecule has 0 saturated carbocycles. The molecule has 1 aromatic carbocycles. The molecule has 112 valence electrons. The third-order valence-electron chi connectivity index (χ3n) is 3.24. The summed E-state index contributed by atoms with van der Waals surface area (Å²) in [4.78, 5) is 10.5. The van der Waals surface area contributed by atoms with Crippen molar-refractivity contribution >= 4 is 11.4 Å². The zero-order valence-electron chi connectivity index (χ0n) is 12.5. The average Bonchev–Trinajstić information content (AvgIpc) is 2.43. The Kier molecular flexibility index (Phi) is 6.84. The van der Waals surface area contributed by atoms with Crippen molar-refractivity contribution < 1.29 is 9.66 Å². The molecule has 5 heteroatoms. The van der Waals surface area contributed by atoms with Crippen LogP contribution in [0.3, 0.4) is 0 Å². The molecule has 1 aromatic rings. The highest BCUT2D eigenvalue weighted by Crippen LogP contribution is 2.26. The lowest BCUT2D eigenvalue weighted by Crippen LogP contribution is -2.15. The summed E-state index contributed by atoms with van der Waals surface area (Å²) in [5.41, 5.74) is 0.782. The van der Waals surface area contributed by atoms with E-state index in [-0.39, 0.29) is 5.69 Å². The van der Waals surface area contributed by atoms with E-state index in [1.165, 1.54) is 38.9 Å². The van der Waals surface area contributed by atoms with Gasteiger partial charge >= 0.3 is 0 Å². The normalized spacial score (nSPS) is 11.9. The summed E-state index contributed by atoms with van der Waals surface area (Å²) in [6, 6.07) is 5.05. The van der Waals surface area contributed by atoms with E-state index in [4.69, 9.17) is 4.74 Å². The number of unbranched alkanes of at least 4 members (excludes halogenated alkanes) is 3. The Morgan fingerprint density at radius 3 is 2.65 bits per heavy atom. The van der Waals surface area contributed by atoms with Gasteiger partial charge in [0.25, 0.3) is 5.69 Å². The Labute approximate surface area is 120 Å². The summed E-state index contributed by atoms with van der Waals surface area (Å²) >= 11 is 0. The molecule has 0 fully saturated rings. The van der Waals surface area contributed by atoms with Crippen LogP contribution in [0.2, 0.25) is 0 Å². The Hall–Kier alpha value is -1.78. The molecular formula is C15H24N2O3. The van der Waals surface area contributed by atoms with Crippen LogP contribution < -0.4 is 10.1 Å². The van der Waals surface area contributed by atoms with E-state index >= 15 is 0 Å². The fraction of sp³-hybridized carbons (Fsp3) is 0.600. The van der Waals surface area contributed by atoms with Crippen LogP contribution in [-0.2, 0) is 0 Å². The molecule has 1 N–H and O–H groups in total. The van der Waals surface area contributed by atoms with Gasteiger partial charge in [0.05, 0.1) is 18.1 Å². The molecule has 20 heavy (non-hydrogen) atoms. The van der Waals surface area contributed by atoms with Gasteiger partial charge in [-0.25, -0.2) is 0 Å². The lowest BCUT2D eigenvalue weighted by molar-refractivity contribution is -0.384. The van der Waals surface area contributed by atoms with Gasteiger partial charge in [0, 0.05) is 23.9 Å². The highest BCUT2D eigenvalue weighted by Gasteiger charge is 2.11. The molecule has 5 nitrogen and oxygen atoms in total. The Balaban J connectivity index is 2.61. The van der Waals surface area contributed by atoms with Gasteiger partial charge in [-0.15, -0.1) is 0 Å². The van der Waals surface area contributed by atoms with Crippen molar-refractivity contribution in [3.63, 3.8) is 0 Å². The fourth-order valence-corrected chi connectivity index (χ4v) is 2.12. The summed E-state index contributed by atoms with van der Waals surface area (Å²) < 4.78 is 5.10. The molecule has 0 aliphatic carbocycles. The molecule has 0 heterocycles. The number of nitrogens with zero attached hydrogens (tertiary/aromatic N) is 1. The van der Waals surface area contributed by atoms with Crippen LogP contribution in [-0.4, -0.2) is 18.1 Å². The highest BCUT2D eigenvalue weighted by atomic mass is 16.6. The number of nitro benzene ring substituents is 1. The number of rotatable bonds is 9. The van der Waals surface area contributed by atoms with E-state index < -0.39 is 4.92 Å². The number of methoxy groups -OCH3 is 1. The van der Waals surface area contributed by atoms with Crippen LogP contribution in [0, 0.1) is 10.1 Å². The molecule has 0 aliphatic rings. The third kappa shape index (κ3) is 5.47. The SMILES string of the molecule is CCCCCCC(C)Nc1cc(OC)cc([N+](=O)[O-])c1. The van der Waals surface area contributed by atoms with Crippen molar-refractivity contribution in [1.82, 2.24) is 0 Å². The Bertz CT molecular complexity index is 435. The van der Waals surface area contributed by atoms with Gasteiger partial charge < -0.3 is 10.1 Å². The van der Waals surface area contributed by atoms with Crippen molar-refractivity contribution in [3.05, 3.63) is 28.3 Å². The number of ether oxygens (including phenoxy) is 1. The molecule has 1 unspecified atom stereocenters. The highest BCUT2D eigenvalue weighted by molar-refractivity contribution is 5.56. The standard InChI is InChI=1S/C15H24N2O3/c1-4-5-6-7-8-12(2)16-13-9-14(17(18)19)11-15(10-13)20-3/h9-12,16H,4-8H2,1-3H3. The van der Waals surface area contributed by atoms with Crippen LogP contribution >= 0.6 is 0 Å². The van der Waals surface area contributed by atoms with Gasteiger partial charge in [0.1, 0.15) is 5.75 Å². The average molecular weight is 280 g/mol. The molecule has 1 rings (SSSR count). The van der Waals surface area contributed by atoms with E-state index in [2.05, 4.69) is 19.2 Å². The lowest BCUT2D eigenvalue weighted by atomic mass is 10.1. The maximum absolute atomic E-state index is 10.9. The van der Waals surface area contributed by atoms with Crippen molar-refractivity contribution in [3.8, 4) is 5.75 Å². The maximum Gasteiger partial charge on any atom is 0.275 e. The molecule has 0 saturated heterocycles. The quantitative estimate of drug-likeness (QED) is 0.414. The predicted molar refractivity (Wildman–Crippen MR) is 81.5 cm³/mol. The molecular weight excluding hydrogens is 256 g/mol. The van der Waals surface area contributed by atoms with Crippen LogP contribution in [0.15, 0.2) is 18.2 Å². The van der Waals surface area contributed by atoms with Crippen molar-refractivity contribution in [2.45, 2.75) is 52.0 Å². The second-order valence-electron chi connectivity index (χ2n) is 5.07. The Morgan fingerprint density at radius 1 is 1.30 bits per heavy atom. The number of hydrogen-bond acceptors (Lipinski definition) is 4. The minimum atomic E-state index is -0.403. The summed E-state index contributed by atoms with van der Waals surface area (Å²) in [5.74, 6) is 0.500. The first-order valence-corrected chi connectivity index (χ1v) is 7.16. The van der Waals surface area contributed by atoms with Crippen molar-refractivity contribution in [1.29, 1.82) is 0 Å². The van der Waals surface area contributed by atoms with Gasteiger partial charge in [0.15, 0.2) is 0 Å². The second kappa shape index (κ2) is 8.40. The van der Waals surface area contributed by atoms with Crippen molar-refractivity contribution in [2.24, 2.45) is 0 Å². The summed E-state index contributed by atoms with van der Waals surface area (Å²) in [6.45, 7) is 4.29. The molecule has 0 amide bonds. The van der Waals surface area contributed by atoms with E-state index in [9.17, 15) is 10.1 Å². The number of nitro groups is 1. The monoisotopic (exact) mass is 280 g/mol. The molecule has 0 radical (unpaired) electrons. The van der Waals surface area contributed by atoms with E-state index in [0.717, 1.165) is 12.1 Å². The van der Waals surface area contributed by atoms with Gasteiger partial charge in [-0.3, -0.25) is 10.1 Å². The maximum atomic E-state index is 10.9. The molecule has 1 atom stereocenters. The van der Waals surface area contributed by atoms with Crippen LogP contribution in [0.25, 0.3) is 0 Å². The predicted octanol–water partition coefficient (Wildman–Crippen LogP) is 4.37. The number of non-ortho nitro benzene ring substituents is 1. The van der Waals surface area contributed by atoms with Crippen LogP contribution in [0.4, 0.5) is 11.4 Å². The van der Waals surface area contributed by atoms with Gasteiger partial charge in [-0.2, -0.15) is 0 Å². The van der Waals surface area contributed by atoms with Crippen LogP contribution in [0.5, 0.6) is 5.75 Å². The topological polar surface area (TPSA) is 64.4 Å². The smallest absolute Gasteiger partial charge is 0.275 e. The fourth-order valence-electron chi connectivity index (χ4n) is 2.12. The zero-order valence-corrected chi connectivity index (χ0v) is 12.5. The number of benzene rings is 1. The van der Waals surface area contributed by atoms with E-state index in [1.807, 2.05) is 0 Å². The lowest BCUT2D eigenvalue weighted by Gasteiger charge is -2.15. The summed E-state index contributed by atoms with van der Waals surface area (Å²) in [6.07, 6.45) is 5.96. The first kappa shape index (κ1) is 16.3. The molecule has 0 spiro atoms. The summed E-state index contributed by atoms with van der Waals surface area (Å²) in [5, 5.41) is 14.2. The van der Waals surface area contributed by atoms with Gasteiger partial charge in [-0.05, 0) is 13.3 Å². The minimum absolute atomic E-state index is 0.0463. The Morgan fingerprint density at radius 2 is 2.05 bits per heavy atom. The van der Waals surface area contributed by atoms with E-state index in [0.29, 0.717) is 11.8 Å². The van der Waals surface area contributed by atoms with Gasteiger partial charge in [0.2, 0.25) is 0 Å². The molecule has 0 aliphatic heterocycles. The van der Waals surface area contributed by atoms with E-state index in [1.54, 1.807) is 12.1 Å². The number of hydrogen-bond donors (Lipinski definition) is 1. The minimum Gasteiger partial charge on any atom is -0.496 e. The number of anilines is 1. The first-order chi connectivity index (χ1) is 9.56. The van der Waals surface area contributed by atoms with Crippen LogP contribution in [0.1, 0.15) is 46.0 Å².